The number of nitrogens with one attached hydrogen (secondary N) is 1. The zero-order chi connectivity index (χ0) is 20.1. The first-order valence-corrected chi connectivity index (χ1v) is 9.01. The lowest BCUT2D eigenvalue weighted by atomic mass is 10.2. The number of halogens is 2. The lowest BCUT2D eigenvalue weighted by Gasteiger charge is -2.22. The Bertz CT molecular complexity index is 932. The molecule has 0 unspecified atom stereocenters. The van der Waals surface area contributed by atoms with Crippen molar-refractivity contribution in [2.75, 3.05) is 29.4 Å². The number of anilines is 2. The van der Waals surface area contributed by atoms with E-state index in [1.807, 2.05) is 0 Å². The van der Waals surface area contributed by atoms with E-state index < -0.39 is 36.0 Å². The van der Waals surface area contributed by atoms with Crippen LogP contribution >= 0.6 is 0 Å². The molecule has 5 rings (SSSR count). The van der Waals surface area contributed by atoms with Crippen LogP contribution in [-0.4, -0.2) is 65.1 Å². The van der Waals surface area contributed by atoms with Gasteiger partial charge in [0, 0.05) is 24.9 Å². The normalized spacial score (nSPS) is 25.8. The molecule has 12 heteroatoms. The van der Waals surface area contributed by atoms with Crippen molar-refractivity contribution in [3.63, 3.8) is 0 Å². The third kappa shape index (κ3) is 3.09. The van der Waals surface area contributed by atoms with Crippen molar-refractivity contribution in [2.24, 2.45) is 0 Å². The van der Waals surface area contributed by atoms with E-state index in [4.69, 9.17) is 9.47 Å². The molecule has 1 aromatic carbocycles. The van der Waals surface area contributed by atoms with Crippen LogP contribution in [0.5, 0.6) is 0 Å². The first-order valence-electron chi connectivity index (χ1n) is 9.01. The van der Waals surface area contributed by atoms with Crippen LogP contribution < -0.4 is 15.1 Å². The number of ether oxygens (including phenoxy) is 2. The molecule has 0 spiro atoms. The molecule has 0 aliphatic carbocycles. The van der Waals surface area contributed by atoms with Gasteiger partial charge in [0.25, 0.3) is 0 Å². The summed E-state index contributed by atoms with van der Waals surface area (Å²) >= 11 is 0. The second-order valence-electron chi connectivity index (χ2n) is 7.10. The minimum absolute atomic E-state index is 0.0683. The molecule has 1 N–H and O–H groups in total. The SMILES string of the molecule is O=C1N[C@@H]2CN(c3c(F)cc(N4C[C@H](Cn5ccnn5)OC4=O)cc3F)C[C@@H]2O1. The molecule has 152 valence electrons. The van der Waals surface area contributed by atoms with Crippen LogP contribution in [0.2, 0.25) is 0 Å². The van der Waals surface area contributed by atoms with Crippen molar-refractivity contribution in [1.29, 1.82) is 0 Å². The number of fused-ring (bicyclic) bond motifs is 1. The van der Waals surface area contributed by atoms with Gasteiger partial charge in [0.15, 0.2) is 11.6 Å². The summed E-state index contributed by atoms with van der Waals surface area (Å²) in [4.78, 5) is 26.1. The van der Waals surface area contributed by atoms with E-state index in [0.717, 1.165) is 12.1 Å². The molecule has 0 bridgehead atoms. The number of aromatic nitrogens is 3. The van der Waals surface area contributed by atoms with Crippen LogP contribution in [0.25, 0.3) is 0 Å². The highest BCUT2D eigenvalue weighted by molar-refractivity contribution is 5.90. The Hall–Kier alpha value is -3.44. The predicted molar refractivity (Wildman–Crippen MR) is 93.4 cm³/mol. The van der Waals surface area contributed by atoms with E-state index in [9.17, 15) is 18.4 Å². The fraction of sp³-hybridized carbons (Fsp3) is 0.412. The van der Waals surface area contributed by atoms with Crippen molar-refractivity contribution in [3.05, 3.63) is 36.2 Å². The van der Waals surface area contributed by atoms with Crippen molar-refractivity contribution < 1.29 is 27.8 Å². The minimum Gasteiger partial charge on any atom is -0.442 e. The maximum absolute atomic E-state index is 14.8. The monoisotopic (exact) mass is 406 g/mol. The number of cyclic esters (lactones) is 1. The van der Waals surface area contributed by atoms with Gasteiger partial charge in [-0.25, -0.2) is 23.1 Å². The minimum atomic E-state index is -0.807. The smallest absolute Gasteiger partial charge is 0.414 e. The Morgan fingerprint density at radius 3 is 2.62 bits per heavy atom. The Morgan fingerprint density at radius 1 is 1.14 bits per heavy atom. The van der Waals surface area contributed by atoms with Crippen molar-refractivity contribution in [3.8, 4) is 0 Å². The highest BCUT2D eigenvalue weighted by Gasteiger charge is 2.43. The molecule has 2 aromatic rings. The Morgan fingerprint density at radius 2 is 1.93 bits per heavy atom. The van der Waals surface area contributed by atoms with Gasteiger partial charge in [-0.05, 0) is 0 Å². The molecule has 3 saturated heterocycles. The number of hydrogen-bond donors (Lipinski definition) is 1. The maximum atomic E-state index is 14.8. The summed E-state index contributed by atoms with van der Waals surface area (Å²) in [6.45, 7) is 0.829. The van der Waals surface area contributed by atoms with E-state index >= 15 is 0 Å². The summed E-state index contributed by atoms with van der Waals surface area (Å²) in [7, 11) is 0. The van der Waals surface area contributed by atoms with Crippen molar-refractivity contribution in [2.45, 2.75) is 24.8 Å². The summed E-state index contributed by atoms with van der Waals surface area (Å²) in [5.41, 5.74) is -0.147. The zero-order valence-electron chi connectivity index (χ0n) is 15.0. The molecular formula is C17H16F2N6O4. The maximum Gasteiger partial charge on any atom is 0.414 e. The molecule has 10 nitrogen and oxygen atoms in total. The van der Waals surface area contributed by atoms with Gasteiger partial charge in [-0.2, -0.15) is 0 Å². The van der Waals surface area contributed by atoms with Crippen LogP contribution in [-0.2, 0) is 16.0 Å². The van der Waals surface area contributed by atoms with Gasteiger partial charge in [0.05, 0.1) is 37.6 Å². The Balaban J connectivity index is 1.33. The van der Waals surface area contributed by atoms with Crippen molar-refractivity contribution in [1.82, 2.24) is 20.3 Å². The number of benzene rings is 1. The molecule has 1 aromatic heterocycles. The first-order chi connectivity index (χ1) is 14.0. The average Bonchev–Trinajstić information content (AvgIpc) is 3.40. The fourth-order valence-electron chi connectivity index (χ4n) is 3.91. The first kappa shape index (κ1) is 17.6. The van der Waals surface area contributed by atoms with E-state index in [1.165, 1.54) is 20.7 Å². The summed E-state index contributed by atoms with van der Waals surface area (Å²) in [6.07, 6.45) is 0.946. The third-order valence-electron chi connectivity index (χ3n) is 5.19. The lowest BCUT2D eigenvalue weighted by molar-refractivity contribution is 0.129. The van der Waals surface area contributed by atoms with E-state index in [2.05, 4.69) is 15.6 Å². The summed E-state index contributed by atoms with van der Waals surface area (Å²) in [5, 5.41) is 10.1. The molecule has 29 heavy (non-hydrogen) atoms. The van der Waals surface area contributed by atoms with E-state index in [-0.39, 0.29) is 43.6 Å². The Labute approximate surface area is 163 Å². The van der Waals surface area contributed by atoms with Crippen LogP contribution in [0.1, 0.15) is 0 Å². The number of nitrogens with zero attached hydrogens (tertiary/aromatic N) is 5. The van der Waals surface area contributed by atoms with E-state index in [1.54, 1.807) is 6.20 Å². The molecule has 0 radical (unpaired) electrons. The van der Waals surface area contributed by atoms with Gasteiger partial charge in [-0.1, -0.05) is 5.21 Å². The number of carbonyl (C=O) groups is 2. The van der Waals surface area contributed by atoms with Gasteiger partial charge < -0.3 is 19.7 Å². The quantitative estimate of drug-likeness (QED) is 0.804. The number of hydrogen-bond acceptors (Lipinski definition) is 7. The van der Waals surface area contributed by atoms with Gasteiger partial charge in [-0.15, -0.1) is 5.10 Å². The second kappa shape index (κ2) is 6.57. The van der Waals surface area contributed by atoms with Crippen LogP contribution in [0.3, 0.4) is 0 Å². The van der Waals surface area contributed by atoms with Crippen molar-refractivity contribution >= 4 is 23.6 Å². The molecule has 0 saturated carbocycles. The number of carbonyl (C=O) groups excluding carboxylic acids is 2. The van der Waals surface area contributed by atoms with Gasteiger partial charge in [0.1, 0.15) is 17.9 Å². The molecule has 3 fully saturated rings. The molecule has 4 heterocycles. The highest BCUT2D eigenvalue weighted by Crippen LogP contribution is 2.34. The summed E-state index contributed by atoms with van der Waals surface area (Å²) < 4.78 is 41.4. The summed E-state index contributed by atoms with van der Waals surface area (Å²) in [5.74, 6) is -1.61. The summed E-state index contributed by atoms with van der Waals surface area (Å²) in [6, 6.07) is 1.89. The Kier molecular flexibility index (Phi) is 4.00. The zero-order valence-corrected chi connectivity index (χ0v) is 15.0. The lowest BCUT2D eigenvalue weighted by Crippen LogP contribution is -2.33. The van der Waals surface area contributed by atoms with Crippen LogP contribution in [0, 0.1) is 11.6 Å². The van der Waals surface area contributed by atoms with E-state index in [0.29, 0.717) is 0 Å². The second-order valence-corrected chi connectivity index (χ2v) is 7.10. The topological polar surface area (TPSA) is 102 Å². The predicted octanol–water partition coefficient (Wildman–Crippen LogP) is 0.879. The standard InChI is InChI=1S/C17H16F2N6O4/c18-11-3-9(25-6-10(28-17(25)27)5-24-2-1-20-22-24)4-12(19)15(11)23-7-13-14(8-23)29-16(26)21-13/h1-4,10,13-14H,5-8H2,(H,21,26)/t10-,13+,14-/m0/s1. The number of amides is 2. The van der Waals surface area contributed by atoms with Crippen LogP contribution in [0.15, 0.2) is 24.5 Å². The number of alkyl carbamates (subject to hydrolysis) is 1. The molecule has 3 aliphatic rings. The number of rotatable bonds is 4. The largest absolute Gasteiger partial charge is 0.442 e. The molecule has 2 amide bonds. The fourth-order valence-corrected chi connectivity index (χ4v) is 3.91. The molecular weight excluding hydrogens is 390 g/mol. The molecule has 3 aliphatic heterocycles. The van der Waals surface area contributed by atoms with Gasteiger partial charge in [0.2, 0.25) is 0 Å². The highest BCUT2D eigenvalue weighted by atomic mass is 19.1. The third-order valence-corrected chi connectivity index (χ3v) is 5.19. The van der Waals surface area contributed by atoms with Crippen LogP contribution in [0.4, 0.5) is 29.7 Å². The van der Waals surface area contributed by atoms with Gasteiger partial charge in [-0.3, -0.25) is 4.90 Å². The average molecular weight is 406 g/mol. The van der Waals surface area contributed by atoms with Gasteiger partial charge >= 0.3 is 12.2 Å². The molecule has 3 atom stereocenters.